The molecule has 4 heterocycles. The highest BCUT2D eigenvalue weighted by molar-refractivity contribution is 5.77. The molecule has 0 N–H and O–H groups in total. The molecule has 0 fully saturated rings. The molecule has 2 heteroatoms. The van der Waals surface area contributed by atoms with E-state index in [0.29, 0.717) is 0 Å². The first-order chi connectivity index (χ1) is 17.8. The quantitative estimate of drug-likeness (QED) is 0.364. The summed E-state index contributed by atoms with van der Waals surface area (Å²) < 4.78 is 0. The highest BCUT2D eigenvalue weighted by Gasteiger charge is 2.25. The van der Waals surface area contributed by atoms with E-state index in [9.17, 15) is 0 Å². The number of hydrogen-bond donors (Lipinski definition) is 0. The van der Waals surface area contributed by atoms with Crippen LogP contribution in [0.25, 0.3) is 24.3 Å². The summed E-state index contributed by atoms with van der Waals surface area (Å²) in [5.41, 5.74) is 14.6. The second kappa shape index (κ2) is 9.32. The van der Waals surface area contributed by atoms with Crippen molar-refractivity contribution in [1.82, 2.24) is 0 Å². The van der Waals surface area contributed by atoms with Gasteiger partial charge in [-0.1, -0.05) is 48.6 Å². The van der Waals surface area contributed by atoms with Crippen molar-refractivity contribution in [2.24, 2.45) is 0 Å². The van der Waals surface area contributed by atoms with E-state index in [0.717, 1.165) is 0 Å². The van der Waals surface area contributed by atoms with Crippen molar-refractivity contribution < 1.29 is 0 Å². The average molecular weight is 473 g/mol. The van der Waals surface area contributed by atoms with Crippen molar-refractivity contribution in [3.05, 3.63) is 93.0 Å². The zero-order valence-electron chi connectivity index (χ0n) is 21.3. The van der Waals surface area contributed by atoms with Gasteiger partial charge in [-0.2, -0.15) is 0 Å². The molecule has 3 aromatic rings. The van der Waals surface area contributed by atoms with Gasteiger partial charge >= 0.3 is 0 Å². The summed E-state index contributed by atoms with van der Waals surface area (Å²) in [5, 5.41) is 0. The molecule has 2 nitrogen and oxygen atoms in total. The van der Waals surface area contributed by atoms with E-state index >= 15 is 0 Å². The summed E-state index contributed by atoms with van der Waals surface area (Å²) in [4.78, 5) is 5.23. The van der Waals surface area contributed by atoms with Crippen molar-refractivity contribution in [1.29, 1.82) is 0 Å². The van der Waals surface area contributed by atoms with E-state index in [1.54, 1.807) is 33.6 Å². The Kier molecular flexibility index (Phi) is 5.69. The Labute approximate surface area is 216 Å². The third-order valence-electron chi connectivity index (χ3n) is 8.58. The lowest BCUT2D eigenvalue weighted by atomic mass is 9.90. The molecule has 0 radical (unpaired) electrons. The molecule has 4 aliphatic heterocycles. The summed E-state index contributed by atoms with van der Waals surface area (Å²) in [7, 11) is 0. The highest BCUT2D eigenvalue weighted by atomic mass is 15.1. The van der Waals surface area contributed by atoms with Crippen LogP contribution >= 0.6 is 0 Å². The van der Waals surface area contributed by atoms with Crippen LogP contribution in [0.1, 0.15) is 70.2 Å². The number of aryl methyl sites for hydroxylation is 4. The van der Waals surface area contributed by atoms with Crippen molar-refractivity contribution in [3.8, 4) is 0 Å². The maximum absolute atomic E-state index is 2.62. The van der Waals surface area contributed by atoms with Gasteiger partial charge in [-0.3, -0.25) is 0 Å². The van der Waals surface area contributed by atoms with E-state index in [4.69, 9.17) is 0 Å². The Morgan fingerprint density at radius 2 is 0.722 bits per heavy atom. The fourth-order valence-electron chi connectivity index (χ4n) is 6.96. The lowest BCUT2D eigenvalue weighted by molar-refractivity contribution is 0.634. The second-order valence-electron chi connectivity index (χ2n) is 11.1. The van der Waals surface area contributed by atoms with Gasteiger partial charge in [-0.15, -0.1) is 0 Å². The number of anilines is 2. The first-order valence-corrected chi connectivity index (χ1v) is 14.1. The maximum Gasteiger partial charge on any atom is 0.0431 e. The molecule has 0 aromatic heterocycles. The first-order valence-electron chi connectivity index (χ1n) is 14.1. The molecule has 3 aromatic carbocycles. The van der Waals surface area contributed by atoms with E-state index in [1.807, 2.05) is 0 Å². The minimum absolute atomic E-state index is 1.23. The predicted molar refractivity (Wildman–Crippen MR) is 155 cm³/mol. The van der Waals surface area contributed by atoms with Gasteiger partial charge in [-0.05, 0) is 120 Å². The molecule has 0 bridgehead atoms. The fourth-order valence-corrected chi connectivity index (χ4v) is 6.96. The van der Waals surface area contributed by atoms with E-state index in [1.165, 1.54) is 99.8 Å². The summed E-state index contributed by atoms with van der Waals surface area (Å²) in [6, 6.07) is 18.7. The predicted octanol–water partition coefficient (Wildman–Crippen LogP) is 7.43. The zero-order valence-corrected chi connectivity index (χ0v) is 21.3. The molecular formula is C34H36N2. The van der Waals surface area contributed by atoms with Crippen molar-refractivity contribution in [2.45, 2.75) is 51.4 Å². The number of benzene rings is 3. The number of rotatable bonds is 4. The normalized spacial score (nSPS) is 18.6. The first kappa shape index (κ1) is 22.0. The smallest absolute Gasteiger partial charge is 0.0431 e. The minimum atomic E-state index is 1.23. The molecule has 0 atom stereocenters. The van der Waals surface area contributed by atoms with Crippen LogP contribution in [0.2, 0.25) is 0 Å². The van der Waals surface area contributed by atoms with Gasteiger partial charge in [0.05, 0.1) is 0 Å². The van der Waals surface area contributed by atoms with E-state index < -0.39 is 0 Å². The molecule has 4 aliphatic rings. The average Bonchev–Trinajstić information content (AvgIpc) is 2.92. The summed E-state index contributed by atoms with van der Waals surface area (Å²) in [6.07, 6.45) is 19.2. The molecule has 0 saturated heterocycles. The molecule has 0 amide bonds. The van der Waals surface area contributed by atoms with Crippen LogP contribution in [0.3, 0.4) is 0 Å². The maximum atomic E-state index is 2.62. The largest absolute Gasteiger partial charge is 0.371 e. The van der Waals surface area contributed by atoms with Gasteiger partial charge in [0.15, 0.2) is 0 Å². The van der Waals surface area contributed by atoms with Crippen LogP contribution in [-0.2, 0) is 25.7 Å². The Bertz CT molecular complexity index is 1180. The summed E-state index contributed by atoms with van der Waals surface area (Å²) in [5.74, 6) is 0. The van der Waals surface area contributed by atoms with Gasteiger partial charge in [0.2, 0.25) is 0 Å². The zero-order chi connectivity index (χ0) is 23.9. The van der Waals surface area contributed by atoms with Crippen LogP contribution in [0.5, 0.6) is 0 Å². The van der Waals surface area contributed by atoms with Crippen LogP contribution in [0, 0.1) is 0 Å². The molecular weight excluding hydrogens is 436 g/mol. The van der Waals surface area contributed by atoms with Crippen LogP contribution in [0.4, 0.5) is 11.4 Å². The SMILES string of the molecule is C(=C\c1cc2c3c(c1)CCCN3CCC2)/c1ccc(/C=C/c2cc3c4c(c2)CCCN4CCC3)cc1. The molecule has 36 heavy (non-hydrogen) atoms. The number of nitrogens with zero attached hydrogens (tertiary/aromatic N) is 2. The molecule has 182 valence electrons. The van der Waals surface area contributed by atoms with E-state index in [2.05, 4.69) is 82.6 Å². The van der Waals surface area contributed by atoms with Gasteiger partial charge in [0, 0.05) is 37.6 Å². The Balaban J connectivity index is 1.07. The van der Waals surface area contributed by atoms with Gasteiger partial charge < -0.3 is 9.80 Å². The lowest BCUT2D eigenvalue weighted by Crippen LogP contribution is -2.34. The lowest BCUT2D eigenvalue weighted by Gasteiger charge is -2.37. The van der Waals surface area contributed by atoms with Crippen molar-refractivity contribution in [2.75, 3.05) is 36.0 Å². The van der Waals surface area contributed by atoms with Crippen LogP contribution in [-0.4, -0.2) is 26.2 Å². The third kappa shape index (κ3) is 4.17. The molecule has 0 spiro atoms. The Hall–Kier alpha value is -3.26. The molecule has 0 aliphatic carbocycles. The van der Waals surface area contributed by atoms with Crippen molar-refractivity contribution >= 4 is 35.7 Å². The second-order valence-corrected chi connectivity index (χ2v) is 11.1. The standard InChI is InChI=1S/C34H36N2/c1-5-29-21-27(22-30-6-2-18-35(17-1)33(29)30)15-13-25-9-11-26(12-10-25)14-16-28-23-31-7-3-19-36-20-4-8-32(24-28)34(31)36/h9-16,21-24H,1-8,17-20H2/b15-13+,16-14+. The Morgan fingerprint density at radius 1 is 0.417 bits per heavy atom. The molecule has 0 saturated carbocycles. The fraction of sp³-hybridized carbons (Fsp3) is 0.353. The van der Waals surface area contributed by atoms with Crippen molar-refractivity contribution in [3.63, 3.8) is 0 Å². The number of hydrogen-bond acceptors (Lipinski definition) is 2. The third-order valence-corrected chi connectivity index (χ3v) is 8.58. The van der Waals surface area contributed by atoms with Crippen LogP contribution < -0.4 is 9.80 Å². The van der Waals surface area contributed by atoms with Gasteiger partial charge in [0.25, 0.3) is 0 Å². The van der Waals surface area contributed by atoms with Gasteiger partial charge in [-0.25, -0.2) is 0 Å². The van der Waals surface area contributed by atoms with Crippen LogP contribution in [0.15, 0.2) is 48.5 Å². The topological polar surface area (TPSA) is 6.48 Å². The Morgan fingerprint density at radius 3 is 1.06 bits per heavy atom. The highest BCUT2D eigenvalue weighted by Crippen LogP contribution is 2.37. The minimum Gasteiger partial charge on any atom is -0.371 e. The van der Waals surface area contributed by atoms with E-state index in [-0.39, 0.29) is 0 Å². The monoisotopic (exact) mass is 472 g/mol. The molecule has 7 rings (SSSR count). The summed E-state index contributed by atoms with van der Waals surface area (Å²) >= 11 is 0. The molecule has 0 unspecified atom stereocenters. The van der Waals surface area contributed by atoms with Gasteiger partial charge in [0.1, 0.15) is 0 Å². The summed E-state index contributed by atoms with van der Waals surface area (Å²) in [6.45, 7) is 4.95.